The van der Waals surface area contributed by atoms with Crippen molar-refractivity contribution in [1.29, 1.82) is 0 Å². The molecule has 14 saturated carbocycles. The van der Waals surface area contributed by atoms with Crippen LogP contribution in [0.5, 0.6) is 0 Å². The predicted molar refractivity (Wildman–Crippen MR) is 424 cm³/mol. The van der Waals surface area contributed by atoms with Crippen LogP contribution in [-0.2, 0) is 0 Å². The maximum atomic E-state index is 3.99. The average molecular weight is 1360 g/mol. The summed E-state index contributed by atoms with van der Waals surface area (Å²) in [6, 6.07) is 4.87. The zero-order valence-electron chi connectivity index (χ0n) is 68.6. The van der Waals surface area contributed by atoms with E-state index < -0.39 is 0 Å². The molecule has 562 valence electrons. The van der Waals surface area contributed by atoms with E-state index in [0.717, 1.165) is 197 Å². The first-order chi connectivity index (χ1) is 47.3. The van der Waals surface area contributed by atoms with E-state index in [1.807, 2.05) is 0 Å². The molecule has 16 fully saturated rings. The molecule has 2 nitrogen and oxygen atoms in total. The largest absolute Gasteiger partial charge is 0.295 e. The fourth-order valence-corrected chi connectivity index (χ4v) is 33.4. The molecule has 0 aromatic rings. The van der Waals surface area contributed by atoms with E-state index in [9.17, 15) is 0 Å². The van der Waals surface area contributed by atoms with Gasteiger partial charge in [0.25, 0.3) is 0 Å². The zero-order chi connectivity index (χ0) is 68.8. The quantitative estimate of drug-likeness (QED) is 0.224. The molecule has 0 N–H and O–H groups in total. The minimum Gasteiger partial charge on any atom is -0.295 e. The summed E-state index contributed by atoms with van der Waals surface area (Å²) in [7, 11) is 0. The molecule has 16 aliphatic rings. The van der Waals surface area contributed by atoms with Crippen LogP contribution < -0.4 is 0 Å². The minimum absolute atomic E-state index is 0.325. The third kappa shape index (κ3) is 14.1. The van der Waals surface area contributed by atoms with Gasteiger partial charge in [0.05, 0.1) is 0 Å². The highest BCUT2D eigenvalue weighted by Crippen LogP contribution is 2.72. The Bertz CT molecular complexity index is 2570. The molecule has 0 radical (unpaired) electrons. The summed E-state index contributed by atoms with van der Waals surface area (Å²) < 4.78 is 0. The Morgan fingerprint density at radius 3 is 0.909 bits per heavy atom. The van der Waals surface area contributed by atoms with Gasteiger partial charge in [0, 0.05) is 36.3 Å². The SMILES string of the molecule is CC(C)(C)C1CC2CCC3CC(C(C)(C)C)CC4C(C5CCC6B7C8CCC(C9CCCCC9)CC8N(C8C(C9CCCCC9)CC(C(C)(C)C)CC8C8CCCCC8)C8CC(C(C)(C)C)CC(C78)N(C7C(C8CCCCC8)CC(C(C)(C)C)CC7C7CCCCC7)C6C5)CC(C1)C2C34. The fraction of sp³-hybridized carbons (Fsp3) is 1.00. The number of fused-ring (bicyclic) bond motifs is 4. The van der Waals surface area contributed by atoms with Crippen LogP contribution in [-0.4, -0.2) is 52.8 Å². The van der Waals surface area contributed by atoms with E-state index in [4.69, 9.17) is 0 Å². The topological polar surface area (TPSA) is 6.48 Å². The Kier molecular flexibility index (Phi) is 21.3. The summed E-state index contributed by atoms with van der Waals surface area (Å²) in [5.74, 6) is 24.6. The van der Waals surface area contributed by atoms with Crippen molar-refractivity contribution in [3.8, 4) is 0 Å². The monoisotopic (exact) mass is 1360 g/mol. The summed E-state index contributed by atoms with van der Waals surface area (Å²) >= 11 is 0. The first-order valence-electron chi connectivity index (χ1n) is 46.8. The van der Waals surface area contributed by atoms with Crippen molar-refractivity contribution in [2.75, 3.05) is 0 Å². The molecule has 2 aliphatic heterocycles. The first-order valence-corrected chi connectivity index (χ1v) is 46.8. The predicted octanol–water partition coefficient (Wildman–Crippen LogP) is 27.2. The van der Waals surface area contributed by atoms with Crippen molar-refractivity contribution in [2.24, 2.45) is 163 Å². The second-order valence-corrected chi connectivity index (χ2v) is 47.7. The molecule has 2 heterocycles. The molecular formula is C96H165BN2. The Morgan fingerprint density at radius 2 is 0.515 bits per heavy atom. The molecule has 0 aromatic carbocycles. The van der Waals surface area contributed by atoms with Crippen molar-refractivity contribution in [2.45, 2.75) is 440 Å². The summed E-state index contributed by atoms with van der Waals surface area (Å²) in [6.45, 7) is 42.2. The summed E-state index contributed by atoms with van der Waals surface area (Å²) in [4.78, 5) is 7.91. The maximum Gasteiger partial charge on any atom is 0.156 e. The van der Waals surface area contributed by atoms with E-state index in [1.165, 1.54) is 96.3 Å². The molecule has 0 spiro atoms. The van der Waals surface area contributed by atoms with Gasteiger partial charge >= 0.3 is 0 Å². The molecule has 0 amide bonds. The summed E-state index contributed by atoms with van der Waals surface area (Å²) in [5, 5.41) is 0. The molecule has 99 heavy (non-hydrogen) atoms. The van der Waals surface area contributed by atoms with E-state index >= 15 is 0 Å². The third-order valence-electron chi connectivity index (χ3n) is 38.4. The second-order valence-electron chi connectivity index (χ2n) is 47.7. The molecule has 14 aliphatic carbocycles. The van der Waals surface area contributed by atoms with Crippen LogP contribution in [0.15, 0.2) is 0 Å². The van der Waals surface area contributed by atoms with E-state index in [2.05, 4.69) is 114 Å². The lowest BCUT2D eigenvalue weighted by Crippen LogP contribution is -2.77. The van der Waals surface area contributed by atoms with Crippen LogP contribution in [0.3, 0.4) is 0 Å². The van der Waals surface area contributed by atoms with Gasteiger partial charge in [-0.05, 0) is 277 Å². The molecule has 3 heteroatoms. The highest BCUT2D eigenvalue weighted by Gasteiger charge is 2.70. The van der Waals surface area contributed by atoms with Gasteiger partial charge < -0.3 is 0 Å². The van der Waals surface area contributed by atoms with Crippen LogP contribution in [0.25, 0.3) is 0 Å². The lowest BCUT2D eigenvalue weighted by atomic mass is 9.18. The van der Waals surface area contributed by atoms with Gasteiger partial charge in [0.15, 0.2) is 6.71 Å². The average Bonchev–Trinajstić information content (AvgIpc) is 0.689. The number of hydrogen-bond donors (Lipinski definition) is 0. The van der Waals surface area contributed by atoms with E-state index in [1.54, 1.807) is 186 Å². The van der Waals surface area contributed by atoms with Gasteiger partial charge in [0.1, 0.15) is 0 Å². The summed E-state index contributed by atoms with van der Waals surface area (Å²) in [6.07, 6.45) is 68.7. The Labute approximate surface area is 616 Å². The lowest BCUT2D eigenvalue weighted by Gasteiger charge is -2.73. The van der Waals surface area contributed by atoms with Crippen LogP contribution in [0.1, 0.15) is 386 Å². The van der Waals surface area contributed by atoms with Gasteiger partial charge in [-0.15, -0.1) is 0 Å². The van der Waals surface area contributed by atoms with Gasteiger partial charge in [-0.1, -0.05) is 290 Å². The smallest absolute Gasteiger partial charge is 0.156 e. The standard InChI is InChI=1S/C96H165BN2/c1-92(2,3)70-47-67-41-42-68-48-71(93(4,5)6)57-80-75(50-69(49-70)87(67)88(68)80)66-44-46-82-84(52-66)99(91-78(63-37-27-19-28-38-63)55-73(95(10,11)12)56-79(91)64-39-29-20-30-40-64)86-59-74(96(13,14)15)58-85-89(86)97(82)81-45-43-65(60-31-21-16-22-32-60)51-83(81)98(85)90-76(61-33-23-17-24-34-61)53-72(94(7,8)9)54-77(90)62-35-25-18-26-36-62/h60-91H,16-59H2,1-15H3. The third-order valence-corrected chi connectivity index (χ3v) is 38.4. The first kappa shape index (κ1) is 73.1. The van der Waals surface area contributed by atoms with E-state index in [0.29, 0.717) is 27.1 Å². The van der Waals surface area contributed by atoms with Gasteiger partial charge in [-0.3, -0.25) is 9.80 Å². The molecule has 23 unspecified atom stereocenters. The van der Waals surface area contributed by atoms with Crippen molar-refractivity contribution in [3.63, 3.8) is 0 Å². The van der Waals surface area contributed by atoms with Crippen molar-refractivity contribution in [1.82, 2.24) is 9.80 Å². The molecule has 0 aromatic heterocycles. The second kappa shape index (κ2) is 28.8. The van der Waals surface area contributed by atoms with Crippen molar-refractivity contribution in [3.05, 3.63) is 0 Å². The molecule has 16 rings (SSSR count). The molecular weight excluding hydrogens is 1190 g/mol. The lowest BCUT2D eigenvalue weighted by molar-refractivity contribution is -0.162. The van der Waals surface area contributed by atoms with Crippen molar-refractivity contribution < 1.29 is 0 Å². The Hall–Kier alpha value is -0.0151. The van der Waals surface area contributed by atoms with Crippen LogP contribution in [0.2, 0.25) is 17.5 Å². The van der Waals surface area contributed by atoms with Crippen LogP contribution in [0.4, 0.5) is 0 Å². The number of nitrogens with zero attached hydrogens (tertiary/aromatic N) is 2. The normalized spacial score (nSPS) is 47.2. The van der Waals surface area contributed by atoms with E-state index in [-0.39, 0.29) is 0 Å². The van der Waals surface area contributed by atoms with Gasteiger partial charge in [0.2, 0.25) is 0 Å². The molecule has 0 bridgehead atoms. The summed E-state index contributed by atoms with van der Waals surface area (Å²) in [5.41, 5.74) is 1.98. The number of hydrogen-bond acceptors (Lipinski definition) is 2. The minimum atomic E-state index is 0.325. The Morgan fingerprint density at radius 1 is 0.212 bits per heavy atom. The number of rotatable bonds is 8. The highest BCUT2D eigenvalue weighted by atomic mass is 15.3. The highest BCUT2D eigenvalue weighted by molar-refractivity contribution is 6.65. The molecule has 23 atom stereocenters. The van der Waals surface area contributed by atoms with Gasteiger partial charge in [-0.2, -0.15) is 0 Å². The Balaban J connectivity index is 0.884. The maximum absolute atomic E-state index is 3.99. The molecule has 2 saturated heterocycles. The van der Waals surface area contributed by atoms with Crippen molar-refractivity contribution >= 4 is 6.71 Å². The zero-order valence-corrected chi connectivity index (χ0v) is 68.6. The van der Waals surface area contributed by atoms with Crippen LogP contribution in [0, 0.1) is 163 Å². The van der Waals surface area contributed by atoms with Crippen LogP contribution >= 0.6 is 0 Å². The van der Waals surface area contributed by atoms with Gasteiger partial charge in [-0.25, -0.2) is 0 Å². The fourth-order valence-electron chi connectivity index (χ4n) is 33.4.